The number of anilines is 3. The molecule has 0 spiro atoms. The quantitative estimate of drug-likeness (QED) is 0.398. The lowest BCUT2D eigenvalue weighted by Crippen LogP contribution is -2.06. The summed E-state index contributed by atoms with van der Waals surface area (Å²) in [5.74, 6) is -0.118. The number of hydrogen-bond donors (Lipinski definition) is 2. The first kappa shape index (κ1) is 20.1. The number of nitrogens with zero attached hydrogens (tertiary/aromatic N) is 4. The molecule has 2 N–H and O–H groups in total. The van der Waals surface area contributed by atoms with Crippen LogP contribution >= 0.6 is 11.6 Å². The molecular weight excluding hydrogens is 419 g/mol. The molecule has 1 heterocycles. The predicted octanol–water partition coefficient (Wildman–Crippen LogP) is 5.78. The number of fused-ring (bicyclic) bond motifs is 1. The minimum Gasteiger partial charge on any atom is -0.423 e. The molecule has 0 amide bonds. The highest BCUT2D eigenvalue weighted by atomic mass is 35.5. The van der Waals surface area contributed by atoms with E-state index in [1.807, 2.05) is 36.4 Å². The van der Waals surface area contributed by atoms with Crippen molar-refractivity contribution in [2.24, 2.45) is 0 Å². The second-order valence-corrected chi connectivity index (χ2v) is 6.62. The zero-order chi connectivity index (χ0) is 21.8. The summed E-state index contributed by atoms with van der Waals surface area (Å²) in [6, 6.07) is 17.0. The van der Waals surface area contributed by atoms with Crippen molar-refractivity contribution in [3.63, 3.8) is 0 Å². The number of benzene rings is 3. The van der Waals surface area contributed by atoms with Crippen LogP contribution in [0.4, 0.5) is 22.0 Å². The Kier molecular flexibility index (Phi) is 5.60. The van der Waals surface area contributed by atoms with Gasteiger partial charge in [0.2, 0.25) is 11.9 Å². The van der Waals surface area contributed by atoms with E-state index in [1.54, 1.807) is 6.07 Å². The van der Waals surface area contributed by atoms with E-state index in [-0.39, 0.29) is 29.2 Å². The van der Waals surface area contributed by atoms with Gasteiger partial charge >= 0.3 is 6.01 Å². The van der Waals surface area contributed by atoms with Crippen LogP contribution in [0.25, 0.3) is 10.8 Å². The highest BCUT2D eigenvalue weighted by Gasteiger charge is 2.13. The molecule has 0 radical (unpaired) electrons. The molecule has 7 nitrogen and oxygen atoms in total. The summed E-state index contributed by atoms with van der Waals surface area (Å²) in [4.78, 5) is 12.5. The van der Waals surface area contributed by atoms with Crippen molar-refractivity contribution >= 4 is 40.0 Å². The Labute approximate surface area is 181 Å². The second-order valence-electron chi connectivity index (χ2n) is 6.25. The molecule has 9 heteroatoms. The van der Waals surface area contributed by atoms with Crippen LogP contribution in [0.3, 0.4) is 0 Å². The molecule has 0 aliphatic heterocycles. The van der Waals surface area contributed by atoms with Crippen molar-refractivity contribution in [2.45, 2.75) is 0 Å². The van der Waals surface area contributed by atoms with Gasteiger partial charge < -0.3 is 15.4 Å². The Balaban J connectivity index is 1.68. The van der Waals surface area contributed by atoms with Gasteiger partial charge in [0.25, 0.3) is 0 Å². The average Bonchev–Trinajstić information content (AvgIpc) is 2.77. The lowest BCUT2D eigenvalue weighted by atomic mass is 10.1. The molecule has 4 aromatic rings. The fraction of sp³-hybridized carbons (Fsp3) is 0. The molecule has 0 bridgehead atoms. The molecule has 0 fully saturated rings. The van der Waals surface area contributed by atoms with E-state index < -0.39 is 5.82 Å². The summed E-state index contributed by atoms with van der Waals surface area (Å²) in [6.45, 7) is 3.58. The number of ether oxygens (including phenoxy) is 1. The third kappa shape index (κ3) is 4.37. The van der Waals surface area contributed by atoms with E-state index in [0.717, 1.165) is 16.8 Å². The number of rotatable bonds is 6. The molecule has 0 saturated carbocycles. The van der Waals surface area contributed by atoms with Gasteiger partial charge in [0.05, 0.1) is 22.3 Å². The number of hydrogen-bond acceptors (Lipinski definition) is 7. The van der Waals surface area contributed by atoms with Crippen LogP contribution < -0.4 is 15.4 Å². The van der Waals surface area contributed by atoms with Crippen LogP contribution in [-0.2, 0) is 0 Å². The Hall–Kier alpha value is -4.22. The van der Waals surface area contributed by atoms with E-state index in [4.69, 9.17) is 21.6 Å². The zero-order valence-electron chi connectivity index (χ0n) is 15.9. The van der Waals surface area contributed by atoms with Crippen molar-refractivity contribution in [1.29, 1.82) is 5.26 Å². The summed E-state index contributed by atoms with van der Waals surface area (Å²) in [6.07, 6.45) is 1.38. The maximum Gasteiger partial charge on any atom is 0.328 e. The van der Waals surface area contributed by atoms with Crippen molar-refractivity contribution < 1.29 is 9.13 Å². The molecule has 0 atom stereocenters. The van der Waals surface area contributed by atoms with Crippen molar-refractivity contribution in [3.8, 4) is 17.8 Å². The van der Waals surface area contributed by atoms with Gasteiger partial charge in [-0.2, -0.15) is 20.2 Å². The number of halogens is 2. The van der Waals surface area contributed by atoms with Gasteiger partial charge in [-0.1, -0.05) is 48.5 Å². The standard InChI is InChI=1S/C22H14ClFN6O/c1-2-26-20-28-21(27-17-9-7-13(12-25)11-16(17)24)30-22(29-20)31-18-10-8-14-5-3-4-6-15(14)19(18)23/h2-11H,1H2,(H2,26,27,28,29,30). The van der Waals surface area contributed by atoms with Crippen LogP contribution in [0.1, 0.15) is 5.56 Å². The molecule has 0 saturated heterocycles. The van der Waals surface area contributed by atoms with Gasteiger partial charge in [0, 0.05) is 5.39 Å². The van der Waals surface area contributed by atoms with E-state index in [1.165, 1.54) is 18.3 Å². The highest BCUT2D eigenvalue weighted by molar-refractivity contribution is 6.37. The van der Waals surface area contributed by atoms with Crippen LogP contribution in [-0.4, -0.2) is 15.0 Å². The van der Waals surface area contributed by atoms with Gasteiger partial charge in [0.1, 0.15) is 11.6 Å². The minimum absolute atomic E-state index is 0.0230. The first-order chi connectivity index (χ1) is 15.1. The summed E-state index contributed by atoms with van der Waals surface area (Å²) >= 11 is 6.49. The maximum absolute atomic E-state index is 14.3. The van der Waals surface area contributed by atoms with Gasteiger partial charge in [-0.3, -0.25) is 0 Å². The first-order valence-electron chi connectivity index (χ1n) is 9.02. The molecule has 152 valence electrons. The van der Waals surface area contributed by atoms with Crippen molar-refractivity contribution in [3.05, 3.63) is 83.8 Å². The van der Waals surface area contributed by atoms with Crippen molar-refractivity contribution in [1.82, 2.24) is 15.0 Å². The third-order valence-electron chi connectivity index (χ3n) is 4.22. The van der Waals surface area contributed by atoms with Gasteiger partial charge in [0.15, 0.2) is 0 Å². The average molecular weight is 433 g/mol. The summed E-state index contributed by atoms with van der Waals surface area (Å²) < 4.78 is 20.1. The van der Waals surface area contributed by atoms with Crippen LogP contribution in [0.5, 0.6) is 11.8 Å². The number of nitriles is 1. The summed E-state index contributed by atoms with van der Waals surface area (Å²) in [7, 11) is 0. The Morgan fingerprint density at radius 2 is 1.87 bits per heavy atom. The monoisotopic (exact) mass is 432 g/mol. The minimum atomic E-state index is -0.627. The summed E-state index contributed by atoms with van der Waals surface area (Å²) in [5.41, 5.74) is 0.284. The lowest BCUT2D eigenvalue weighted by Gasteiger charge is -2.11. The molecule has 0 aliphatic rings. The molecule has 0 aliphatic carbocycles. The summed E-state index contributed by atoms with van der Waals surface area (Å²) in [5, 5.41) is 16.6. The third-order valence-corrected chi connectivity index (χ3v) is 4.61. The van der Waals surface area contributed by atoms with Crippen LogP contribution in [0, 0.1) is 17.1 Å². The van der Waals surface area contributed by atoms with Crippen molar-refractivity contribution in [2.75, 3.05) is 10.6 Å². The topological polar surface area (TPSA) is 95.8 Å². The molecule has 0 unspecified atom stereocenters. The highest BCUT2D eigenvalue weighted by Crippen LogP contribution is 2.35. The normalized spacial score (nSPS) is 10.4. The van der Waals surface area contributed by atoms with E-state index in [2.05, 4.69) is 32.2 Å². The maximum atomic E-state index is 14.3. The van der Waals surface area contributed by atoms with Gasteiger partial charge in [-0.25, -0.2) is 4.39 Å². The molecular formula is C22H14ClFN6O. The number of nitrogens with one attached hydrogen (secondary N) is 2. The molecule has 1 aromatic heterocycles. The smallest absolute Gasteiger partial charge is 0.328 e. The fourth-order valence-electron chi connectivity index (χ4n) is 2.81. The Morgan fingerprint density at radius 3 is 2.65 bits per heavy atom. The Bertz CT molecular complexity index is 1340. The second kappa shape index (κ2) is 8.65. The van der Waals surface area contributed by atoms with Gasteiger partial charge in [-0.15, -0.1) is 0 Å². The van der Waals surface area contributed by atoms with E-state index in [9.17, 15) is 4.39 Å². The fourth-order valence-corrected chi connectivity index (χ4v) is 3.08. The molecule has 3 aromatic carbocycles. The first-order valence-corrected chi connectivity index (χ1v) is 9.40. The van der Waals surface area contributed by atoms with E-state index >= 15 is 0 Å². The Morgan fingerprint density at radius 1 is 1.06 bits per heavy atom. The SMILES string of the molecule is C=CNc1nc(Nc2ccc(C#N)cc2F)nc(Oc2ccc3ccccc3c2Cl)n1. The predicted molar refractivity (Wildman–Crippen MR) is 117 cm³/mol. The molecule has 4 rings (SSSR count). The largest absolute Gasteiger partial charge is 0.423 e. The van der Waals surface area contributed by atoms with Crippen LogP contribution in [0.15, 0.2) is 67.4 Å². The zero-order valence-corrected chi connectivity index (χ0v) is 16.7. The van der Waals surface area contributed by atoms with E-state index in [0.29, 0.717) is 10.8 Å². The van der Waals surface area contributed by atoms with Gasteiger partial charge in [-0.05, 0) is 35.9 Å². The van der Waals surface area contributed by atoms with Crippen LogP contribution in [0.2, 0.25) is 5.02 Å². The lowest BCUT2D eigenvalue weighted by molar-refractivity contribution is 0.442. The number of aromatic nitrogens is 3. The molecule has 31 heavy (non-hydrogen) atoms.